The number of hydrogen-bond acceptors (Lipinski definition) is 4. The molecule has 27 heavy (non-hydrogen) atoms. The standard InChI is InChI=1S/C21H25ClN2O3/c1-4-26-20-10-15-9-13(2)27-19(15)11-18(20)24-21(25)12-23-14(3)16-7-5-6-8-17(16)22/h5-8,10-11,13-14,23H,4,9,12H2,1-3H3,(H,24,25). The number of nitrogens with one attached hydrogen (secondary N) is 2. The molecule has 2 aromatic rings. The first-order valence-corrected chi connectivity index (χ1v) is 9.59. The number of benzene rings is 2. The zero-order valence-electron chi connectivity index (χ0n) is 15.8. The first kappa shape index (κ1) is 19.5. The molecule has 0 aliphatic carbocycles. The summed E-state index contributed by atoms with van der Waals surface area (Å²) in [4.78, 5) is 12.5. The summed E-state index contributed by atoms with van der Waals surface area (Å²) < 4.78 is 11.5. The highest BCUT2D eigenvalue weighted by Gasteiger charge is 2.22. The second-order valence-electron chi connectivity index (χ2n) is 6.69. The first-order valence-electron chi connectivity index (χ1n) is 9.22. The quantitative estimate of drug-likeness (QED) is 0.740. The van der Waals surface area contributed by atoms with Gasteiger partial charge in [-0.2, -0.15) is 0 Å². The van der Waals surface area contributed by atoms with Gasteiger partial charge < -0.3 is 20.1 Å². The van der Waals surface area contributed by atoms with Gasteiger partial charge in [-0.25, -0.2) is 0 Å². The molecule has 0 aromatic heterocycles. The summed E-state index contributed by atoms with van der Waals surface area (Å²) in [7, 11) is 0. The second kappa shape index (κ2) is 8.63. The molecule has 0 saturated heterocycles. The lowest BCUT2D eigenvalue weighted by molar-refractivity contribution is -0.115. The molecule has 6 heteroatoms. The van der Waals surface area contributed by atoms with E-state index in [-0.39, 0.29) is 24.6 Å². The van der Waals surface area contributed by atoms with Crippen molar-refractivity contribution >= 4 is 23.2 Å². The van der Waals surface area contributed by atoms with Gasteiger partial charge in [0.2, 0.25) is 5.91 Å². The number of hydrogen-bond donors (Lipinski definition) is 2. The molecule has 0 spiro atoms. The number of anilines is 1. The molecular formula is C21H25ClN2O3. The number of fused-ring (bicyclic) bond motifs is 1. The van der Waals surface area contributed by atoms with E-state index in [2.05, 4.69) is 10.6 Å². The van der Waals surface area contributed by atoms with Gasteiger partial charge in [-0.1, -0.05) is 29.8 Å². The summed E-state index contributed by atoms with van der Waals surface area (Å²) in [6.07, 6.45) is 0.985. The highest BCUT2D eigenvalue weighted by Crippen LogP contribution is 2.38. The van der Waals surface area contributed by atoms with Crippen molar-refractivity contribution in [2.45, 2.75) is 39.3 Å². The van der Waals surface area contributed by atoms with Crippen molar-refractivity contribution in [2.75, 3.05) is 18.5 Å². The number of amides is 1. The lowest BCUT2D eigenvalue weighted by atomic mass is 10.1. The van der Waals surface area contributed by atoms with Crippen molar-refractivity contribution in [1.82, 2.24) is 5.32 Å². The van der Waals surface area contributed by atoms with Crippen LogP contribution in [0.3, 0.4) is 0 Å². The van der Waals surface area contributed by atoms with Crippen LogP contribution in [-0.2, 0) is 11.2 Å². The molecule has 1 amide bonds. The molecule has 2 N–H and O–H groups in total. The Bertz CT molecular complexity index is 825. The zero-order valence-corrected chi connectivity index (χ0v) is 16.6. The van der Waals surface area contributed by atoms with Gasteiger partial charge in [0.15, 0.2) is 0 Å². The number of rotatable bonds is 7. The Morgan fingerprint density at radius 3 is 2.89 bits per heavy atom. The molecule has 5 nitrogen and oxygen atoms in total. The van der Waals surface area contributed by atoms with Crippen molar-refractivity contribution in [3.8, 4) is 11.5 Å². The van der Waals surface area contributed by atoms with Gasteiger partial charge in [0, 0.05) is 29.1 Å². The molecule has 1 heterocycles. The third kappa shape index (κ3) is 4.73. The van der Waals surface area contributed by atoms with E-state index in [0.717, 1.165) is 23.3 Å². The summed E-state index contributed by atoms with van der Waals surface area (Å²) >= 11 is 6.21. The van der Waals surface area contributed by atoms with E-state index in [9.17, 15) is 4.79 Å². The van der Waals surface area contributed by atoms with Crippen LogP contribution in [0.1, 0.15) is 37.9 Å². The molecule has 144 valence electrons. The van der Waals surface area contributed by atoms with Crippen LogP contribution in [0.2, 0.25) is 5.02 Å². The molecule has 2 atom stereocenters. The van der Waals surface area contributed by atoms with Gasteiger partial charge in [0.1, 0.15) is 17.6 Å². The lowest BCUT2D eigenvalue weighted by Gasteiger charge is -2.17. The van der Waals surface area contributed by atoms with Gasteiger partial charge in [-0.05, 0) is 38.5 Å². The van der Waals surface area contributed by atoms with Crippen LogP contribution >= 0.6 is 11.6 Å². The molecule has 0 fully saturated rings. The Morgan fingerprint density at radius 1 is 1.37 bits per heavy atom. The Balaban J connectivity index is 1.65. The molecule has 0 bridgehead atoms. The smallest absolute Gasteiger partial charge is 0.238 e. The molecule has 1 aliphatic rings. The minimum absolute atomic E-state index is 0.0417. The van der Waals surface area contributed by atoms with E-state index in [1.165, 1.54) is 0 Å². The maximum absolute atomic E-state index is 12.5. The number of ether oxygens (including phenoxy) is 2. The normalized spacial score (nSPS) is 16.4. The highest BCUT2D eigenvalue weighted by atomic mass is 35.5. The summed E-state index contributed by atoms with van der Waals surface area (Å²) in [5, 5.41) is 6.81. The lowest BCUT2D eigenvalue weighted by Crippen LogP contribution is -2.30. The summed E-state index contributed by atoms with van der Waals surface area (Å²) in [5.74, 6) is 1.32. The van der Waals surface area contributed by atoms with E-state index in [0.29, 0.717) is 23.1 Å². The zero-order chi connectivity index (χ0) is 19.4. The maximum atomic E-state index is 12.5. The predicted molar refractivity (Wildman–Crippen MR) is 108 cm³/mol. The fraction of sp³-hybridized carbons (Fsp3) is 0.381. The average Bonchev–Trinajstić information content (AvgIpc) is 2.99. The summed E-state index contributed by atoms with van der Waals surface area (Å²) in [5.41, 5.74) is 2.69. The fourth-order valence-corrected chi connectivity index (χ4v) is 3.49. The van der Waals surface area contributed by atoms with Crippen LogP contribution in [0.15, 0.2) is 36.4 Å². The summed E-state index contributed by atoms with van der Waals surface area (Å²) in [6, 6.07) is 11.4. The fourth-order valence-electron chi connectivity index (χ4n) is 3.19. The minimum Gasteiger partial charge on any atom is -0.492 e. The van der Waals surface area contributed by atoms with Gasteiger partial charge >= 0.3 is 0 Å². The van der Waals surface area contributed by atoms with Crippen LogP contribution in [0.25, 0.3) is 0 Å². The number of carbonyl (C=O) groups excluding carboxylic acids is 1. The van der Waals surface area contributed by atoms with Crippen molar-refractivity contribution in [1.29, 1.82) is 0 Å². The minimum atomic E-state index is -0.152. The molecule has 2 unspecified atom stereocenters. The number of carbonyl (C=O) groups is 1. The summed E-state index contributed by atoms with van der Waals surface area (Å²) in [6.45, 7) is 6.61. The third-order valence-electron chi connectivity index (χ3n) is 4.51. The molecule has 0 radical (unpaired) electrons. The predicted octanol–water partition coefficient (Wildman–Crippen LogP) is 4.35. The van der Waals surface area contributed by atoms with Gasteiger partial charge in [-0.15, -0.1) is 0 Å². The molecular weight excluding hydrogens is 364 g/mol. The van der Waals surface area contributed by atoms with Crippen molar-refractivity contribution in [3.05, 3.63) is 52.5 Å². The first-order chi connectivity index (χ1) is 13.0. The Kier molecular flexibility index (Phi) is 6.24. The van der Waals surface area contributed by atoms with Gasteiger partial charge in [0.05, 0.1) is 18.8 Å². The largest absolute Gasteiger partial charge is 0.492 e. The van der Waals surface area contributed by atoms with Crippen LogP contribution < -0.4 is 20.1 Å². The van der Waals surface area contributed by atoms with Crippen LogP contribution in [0, 0.1) is 0 Å². The Morgan fingerprint density at radius 2 is 2.15 bits per heavy atom. The van der Waals surface area contributed by atoms with E-state index < -0.39 is 0 Å². The molecule has 0 saturated carbocycles. The Hall–Kier alpha value is -2.24. The Labute approximate surface area is 165 Å². The van der Waals surface area contributed by atoms with Crippen molar-refractivity contribution < 1.29 is 14.3 Å². The van der Waals surface area contributed by atoms with Crippen LogP contribution in [0.5, 0.6) is 11.5 Å². The van der Waals surface area contributed by atoms with Gasteiger partial charge in [0.25, 0.3) is 0 Å². The molecule has 3 rings (SSSR count). The highest BCUT2D eigenvalue weighted by molar-refractivity contribution is 6.31. The van der Waals surface area contributed by atoms with E-state index in [1.54, 1.807) is 0 Å². The molecule has 1 aliphatic heterocycles. The van der Waals surface area contributed by atoms with Crippen LogP contribution in [0.4, 0.5) is 5.69 Å². The van der Waals surface area contributed by atoms with Gasteiger partial charge in [-0.3, -0.25) is 4.79 Å². The van der Waals surface area contributed by atoms with Crippen molar-refractivity contribution in [3.63, 3.8) is 0 Å². The van der Waals surface area contributed by atoms with E-state index in [4.69, 9.17) is 21.1 Å². The third-order valence-corrected chi connectivity index (χ3v) is 4.86. The monoisotopic (exact) mass is 388 g/mol. The second-order valence-corrected chi connectivity index (χ2v) is 7.10. The van der Waals surface area contributed by atoms with Crippen LogP contribution in [-0.4, -0.2) is 25.2 Å². The van der Waals surface area contributed by atoms with E-state index in [1.807, 2.05) is 57.2 Å². The SMILES string of the molecule is CCOc1cc2c(cc1NC(=O)CNC(C)c1ccccc1Cl)OC(C)C2. The molecule has 2 aromatic carbocycles. The van der Waals surface area contributed by atoms with Crippen molar-refractivity contribution in [2.24, 2.45) is 0 Å². The van der Waals surface area contributed by atoms with E-state index >= 15 is 0 Å². The topological polar surface area (TPSA) is 59.6 Å². The number of halogens is 1. The maximum Gasteiger partial charge on any atom is 0.238 e. The average molecular weight is 389 g/mol.